The summed E-state index contributed by atoms with van der Waals surface area (Å²) >= 11 is 0. The Kier molecular flexibility index (Phi) is 6.30. The van der Waals surface area contributed by atoms with Crippen LogP contribution in [0.25, 0.3) is 0 Å². The molecule has 10 atom stereocenters. The highest BCUT2D eigenvalue weighted by Gasteiger charge is 2.69. The predicted molar refractivity (Wildman–Crippen MR) is 145 cm³/mol. The zero-order chi connectivity index (χ0) is 27.2. The van der Waals surface area contributed by atoms with Crippen LogP contribution < -0.4 is 5.73 Å². The molecule has 1 amide bonds. The number of carbonyl (C=O) groups is 2. The Morgan fingerprint density at radius 2 is 1.68 bits per heavy atom. The number of rotatable bonds is 3. The molecule has 0 aromatic rings. The van der Waals surface area contributed by atoms with E-state index in [-0.39, 0.29) is 46.3 Å². The lowest BCUT2D eigenvalue weighted by Gasteiger charge is -2.71. The van der Waals surface area contributed by atoms with Crippen LogP contribution in [-0.2, 0) is 14.3 Å². The van der Waals surface area contributed by atoms with Crippen molar-refractivity contribution in [1.29, 1.82) is 0 Å². The minimum absolute atomic E-state index is 0.0353. The van der Waals surface area contributed by atoms with Gasteiger partial charge in [-0.25, -0.2) is 0 Å². The van der Waals surface area contributed by atoms with Gasteiger partial charge in [0.2, 0.25) is 0 Å². The molecule has 0 bridgehead atoms. The van der Waals surface area contributed by atoms with E-state index in [0.717, 1.165) is 44.9 Å². The Hall–Kier alpha value is -1.36. The van der Waals surface area contributed by atoms with Crippen LogP contribution in [0.3, 0.4) is 0 Å². The molecule has 4 fully saturated rings. The Morgan fingerprint density at radius 1 is 0.973 bits per heavy atom. The van der Waals surface area contributed by atoms with E-state index in [9.17, 15) is 14.7 Å². The van der Waals surface area contributed by atoms with E-state index in [2.05, 4.69) is 54.5 Å². The fourth-order valence-corrected chi connectivity index (χ4v) is 11.1. The number of nitrogens with two attached hydrogens (primary N) is 1. The fourth-order valence-electron chi connectivity index (χ4n) is 11.1. The Morgan fingerprint density at radius 3 is 2.35 bits per heavy atom. The minimum Gasteiger partial charge on any atom is -0.455 e. The van der Waals surface area contributed by atoms with Crippen LogP contribution >= 0.6 is 0 Å². The Bertz CT molecular complexity index is 1000. The van der Waals surface area contributed by atoms with Crippen molar-refractivity contribution in [3.63, 3.8) is 0 Å². The number of esters is 1. The van der Waals surface area contributed by atoms with Crippen molar-refractivity contribution in [3.05, 3.63) is 11.6 Å². The van der Waals surface area contributed by atoms with Crippen LogP contribution in [0.1, 0.15) is 106 Å². The first-order chi connectivity index (χ1) is 17.1. The summed E-state index contributed by atoms with van der Waals surface area (Å²) in [6.07, 6.45) is 11.4. The van der Waals surface area contributed by atoms with Gasteiger partial charge in [0.25, 0.3) is 5.91 Å². The van der Waals surface area contributed by atoms with Gasteiger partial charge in [-0.2, -0.15) is 0 Å². The van der Waals surface area contributed by atoms with Crippen LogP contribution in [0.2, 0.25) is 0 Å². The smallest absolute Gasteiger partial charge is 0.313 e. The molecule has 0 heterocycles. The van der Waals surface area contributed by atoms with E-state index in [1.165, 1.54) is 18.4 Å². The second-order valence-electron chi connectivity index (χ2n) is 15.2. The topological polar surface area (TPSA) is 89.6 Å². The average Bonchev–Trinajstić information content (AvgIpc) is 2.83. The van der Waals surface area contributed by atoms with Crippen molar-refractivity contribution >= 4 is 11.9 Å². The zero-order valence-electron chi connectivity index (χ0n) is 24.4. The van der Waals surface area contributed by atoms with Crippen LogP contribution in [0, 0.1) is 56.7 Å². The molecule has 0 aromatic heterocycles. The number of hydrogen-bond donors (Lipinski definition) is 2. The lowest BCUT2D eigenvalue weighted by molar-refractivity contribution is -0.207. The molecule has 3 N–H and O–H groups in total. The summed E-state index contributed by atoms with van der Waals surface area (Å²) in [5.41, 5.74) is 6.66. The van der Waals surface area contributed by atoms with Crippen LogP contribution in [-0.4, -0.2) is 29.7 Å². The summed E-state index contributed by atoms with van der Waals surface area (Å²) in [6, 6.07) is 0. The number of hydrogen-bond acceptors (Lipinski definition) is 4. The number of ether oxygens (including phenoxy) is 1. The first-order valence-electron chi connectivity index (χ1n) is 15.0. The van der Waals surface area contributed by atoms with Crippen LogP contribution in [0.4, 0.5) is 0 Å². The second-order valence-corrected chi connectivity index (χ2v) is 15.2. The molecule has 0 aliphatic heterocycles. The molecule has 0 radical (unpaired) electrons. The molecular weight excluding hydrogens is 462 g/mol. The maximum atomic E-state index is 13.7. The van der Waals surface area contributed by atoms with Crippen molar-refractivity contribution in [2.45, 2.75) is 112 Å². The third-order valence-electron chi connectivity index (χ3n) is 13.7. The standard InChI is InChI=1S/C32H51NO4/c1-19-10-15-32(27(36)37-18-25(33)35)17-16-30(6)21(26(32)20(19)2)8-9-23-29(5)13-12-24(34)28(3,4)22(29)11-14-31(23,30)7/h8,19-20,22-24,26,34H,9-18H2,1-7H3,(H2,33,35)/t19-,20+,22?,23?,24+,26?,29+,30-,31-,32+/m1/s1. The lowest BCUT2D eigenvalue weighted by Crippen LogP contribution is -2.65. The molecule has 5 aliphatic rings. The fraction of sp³-hybridized carbons (Fsp3) is 0.875. The van der Waals surface area contributed by atoms with Gasteiger partial charge in [-0.05, 0) is 109 Å². The van der Waals surface area contributed by atoms with Gasteiger partial charge in [0, 0.05) is 0 Å². The van der Waals surface area contributed by atoms with Crippen LogP contribution in [0.15, 0.2) is 11.6 Å². The summed E-state index contributed by atoms with van der Waals surface area (Å²) in [4.78, 5) is 25.2. The Balaban J connectivity index is 1.57. The van der Waals surface area contributed by atoms with E-state index >= 15 is 0 Å². The molecule has 0 spiro atoms. The van der Waals surface area contributed by atoms with Gasteiger partial charge in [-0.3, -0.25) is 9.59 Å². The van der Waals surface area contributed by atoms with Gasteiger partial charge in [0.1, 0.15) is 0 Å². The summed E-state index contributed by atoms with van der Waals surface area (Å²) in [7, 11) is 0. The van der Waals surface area contributed by atoms with Crippen molar-refractivity contribution in [3.8, 4) is 0 Å². The lowest BCUT2D eigenvalue weighted by atomic mass is 9.33. The van der Waals surface area contributed by atoms with Crippen molar-refractivity contribution in [2.75, 3.05) is 6.61 Å². The first-order valence-corrected chi connectivity index (χ1v) is 15.0. The van der Waals surface area contributed by atoms with Crippen molar-refractivity contribution in [1.82, 2.24) is 0 Å². The molecule has 208 valence electrons. The predicted octanol–water partition coefficient (Wildman–Crippen LogP) is 6.03. The number of aliphatic hydroxyl groups is 1. The number of amides is 1. The number of allylic oxidation sites excluding steroid dienone is 2. The Labute approximate surface area is 224 Å². The SMILES string of the molecule is C[C@@H]1CC[C@]2(C(=O)OCC(N)=O)CC[C@]3(C)C(=CCC4[C@@]5(C)CC[C@H](O)C(C)(C)C5CC[C@]43C)C2[C@H]1C. The van der Waals surface area contributed by atoms with Gasteiger partial charge in [-0.1, -0.05) is 60.1 Å². The summed E-state index contributed by atoms with van der Waals surface area (Å²) < 4.78 is 5.59. The average molecular weight is 514 g/mol. The molecule has 37 heavy (non-hydrogen) atoms. The molecule has 4 saturated carbocycles. The normalized spacial score (nSPS) is 50.4. The number of carbonyl (C=O) groups excluding carboxylic acids is 2. The minimum atomic E-state index is -0.586. The van der Waals surface area contributed by atoms with Gasteiger partial charge < -0.3 is 15.6 Å². The highest BCUT2D eigenvalue weighted by atomic mass is 16.5. The van der Waals surface area contributed by atoms with E-state index in [1.807, 2.05) is 0 Å². The van der Waals surface area contributed by atoms with Crippen molar-refractivity contribution < 1.29 is 19.4 Å². The summed E-state index contributed by atoms with van der Waals surface area (Å²) in [6.45, 7) is 16.6. The van der Waals surface area contributed by atoms with E-state index in [1.54, 1.807) is 0 Å². The number of aliphatic hydroxyl groups excluding tert-OH is 1. The highest BCUT2D eigenvalue weighted by Crippen LogP contribution is 2.75. The summed E-state index contributed by atoms with van der Waals surface area (Å²) in [5, 5.41) is 10.9. The zero-order valence-corrected chi connectivity index (χ0v) is 24.4. The number of primary amides is 1. The molecule has 5 aliphatic carbocycles. The second kappa shape index (κ2) is 8.57. The molecule has 3 unspecified atom stereocenters. The van der Waals surface area contributed by atoms with Gasteiger partial charge in [0.05, 0.1) is 11.5 Å². The quantitative estimate of drug-likeness (QED) is 0.356. The third-order valence-corrected chi connectivity index (χ3v) is 13.7. The molecule has 5 heteroatoms. The maximum Gasteiger partial charge on any atom is 0.313 e. The largest absolute Gasteiger partial charge is 0.455 e. The van der Waals surface area contributed by atoms with Gasteiger partial charge in [0.15, 0.2) is 6.61 Å². The van der Waals surface area contributed by atoms with E-state index in [4.69, 9.17) is 10.5 Å². The maximum absolute atomic E-state index is 13.7. The molecule has 5 rings (SSSR count). The number of fused-ring (bicyclic) bond motifs is 7. The van der Waals surface area contributed by atoms with E-state index in [0.29, 0.717) is 23.7 Å². The molecule has 5 nitrogen and oxygen atoms in total. The van der Waals surface area contributed by atoms with E-state index < -0.39 is 11.3 Å². The molecule has 0 saturated heterocycles. The third kappa shape index (κ3) is 3.50. The highest BCUT2D eigenvalue weighted by molar-refractivity contribution is 5.83. The van der Waals surface area contributed by atoms with Crippen molar-refractivity contribution in [2.24, 2.45) is 62.4 Å². The first kappa shape index (κ1) is 27.2. The van der Waals surface area contributed by atoms with Gasteiger partial charge >= 0.3 is 5.97 Å². The summed E-state index contributed by atoms with van der Waals surface area (Å²) in [5.74, 6) is 1.40. The monoisotopic (exact) mass is 513 g/mol. The van der Waals surface area contributed by atoms with Crippen LogP contribution in [0.5, 0.6) is 0 Å². The molecule has 0 aromatic carbocycles. The van der Waals surface area contributed by atoms with Gasteiger partial charge in [-0.15, -0.1) is 0 Å². The molecular formula is C32H51NO4.